The fourth-order valence-corrected chi connectivity index (χ4v) is 3.90. The number of aromatic amines is 1. The SMILES string of the molecule is CC[C@H](C)[C@@H](NC(=O)COc1cccc2c1ccn2CCOC)c1nc2ccccc2[nH]1. The maximum atomic E-state index is 12.8. The molecule has 2 aromatic heterocycles. The third kappa shape index (κ3) is 4.62. The Bertz CT molecular complexity index is 1160. The van der Waals surface area contributed by atoms with Crippen LogP contribution >= 0.6 is 0 Å². The Balaban J connectivity index is 1.46. The van der Waals surface area contributed by atoms with Gasteiger partial charge in [0, 0.05) is 25.2 Å². The Kier molecular flexibility index (Phi) is 6.75. The molecule has 168 valence electrons. The van der Waals surface area contributed by atoms with E-state index in [1.807, 2.05) is 54.7 Å². The Morgan fingerprint density at radius 1 is 1.19 bits per heavy atom. The van der Waals surface area contributed by atoms with Crippen LogP contribution < -0.4 is 10.1 Å². The third-order valence-electron chi connectivity index (χ3n) is 5.90. The number of imidazole rings is 1. The van der Waals surface area contributed by atoms with Gasteiger partial charge in [0.05, 0.1) is 29.2 Å². The molecule has 0 spiro atoms. The maximum Gasteiger partial charge on any atom is 0.258 e. The topological polar surface area (TPSA) is 81.2 Å². The van der Waals surface area contributed by atoms with Gasteiger partial charge in [0.25, 0.3) is 5.91 Å². The zero-order valence-electron chi connectivity index (χ0n) is 18.8. The molecule has 1 amide bonds. The number of methoxy groups -OCH3 is 1. The number of carbonyl (C=O) groups is 1. The van der Waals surface area contributed by atoms with Crippen molar-refractivity contribution < 1.29 is 14.3 Å². The summed E-state index contributed by atoms with van der Waals surface area (Å²) in [6.07, 6.45) is 2.92. The summed E-state index contributed by atoms with van der Waals surface area (Å²) in [5.74, 6) is 1.51. The van der Waals surface area contributed by atoms with E-state index in [-0.39, 0.29) is 24.5 Å². The summed E-state index contributed by atoms with van der Waals surface area (Å²) < 4.78 is 13.2. The molecule has 0 unspecified atom stereocenters. The summed E-state index contributed by atoms with van der Waals surface area (Å²) in [7, 11) is 1.69. The summed E-state index contributed by atoms with van der Waals surface area (Å²) in [4.78, 5) is 20.9. The van der Waals surface area contributed by atoms with Gasteiger partial charge in [-0.1, -0.05) is 38.5 Å². The van der Waals surface area contributed by atoms with Crippen molar-refractivity contribution in [3.8, 4) is 5.75 Å². The maximum absolute atomic E-state index is 12.8. The third-order valence-corrected chi connectivity index (χ3v) is 5.90. The Labute approximate surface area is 187 Å². The lowest BCUT2D eigenvalue weighted by Crippen LogP contribution is -2.36. The van der Waals surface area contributed by atoms with Crippen LogP contribution in [0.25, 0.3) is 21.9 Å². The molecule has 0 saturated carbocycles. The number of ether oxygens (including phenoxy) is 2. The van der Waals surface area contributed by atoms with Crippen LogP contribution in [0.4, 0.5) is 0 Å². The van der Waals surface area contributed by atoms with Gasteiger partial charge in [-0.05, 0) is 36.2 Å². The predicted octanol–water partition coefficient (Wildman–Crippen LogP) is 4.45. The minimum atomic E-state index is -0.214. The average molecular weight is 435 g/mol. The van der Waals surface area contributed by atoms with E-state index in [4.69, 9.17) is 14.5 Å². The molecule has 4 aromatic rings. The van der Waals surface area contributed by atoms with Gasteiger partial charge in [-0.15, -0.1) is 0 Å². The van der Waals surface area contributed by atoms with E-state index in [2.05, 4.69) is 28.7 Å². The van der Waals surface area contributed by atoms with Gasteiger partial charge in [0.15, 0.2) is 6.61 Å². The smallest absolute Gasteiger partial charge is 0.258 e. The van der Waals surface area contributed by atoms with Crippen molar-refractivity contribution in [3.05, 3.63) is 60.6 Å². The second-order valence-corrected chi connectivity index (χ2v) is 8.05. The number of carbonyl (C=O) groups excluding carboxylic acids is 1. The molecule has 4 rings (SSSR count). The normalized spacial score (nSPS) is 13.3. The number of nitrogens with one attached hydrogen (secondary N) is 2. The molecule has 2 N–H and O–H groups in total. The number of benzene rings is 2. The highest BCUT2D eigenvalue weighted by atomic mass is 16.5. The standard InChI is InChI=1S/C25H30N4O3/c1-4-17(2)24(25-26-19-8-5-6-9-20(19)27-25)28-23(30)16-32-22-11-7-10-21-18(22)12-13-29(21)14-15-31-3/h5-13,17,24H,4,14-16H2,1-3H3,(H,26,27)(H,28,30)/t17-,24+/m0/s1. The Morgan fingerprint density at radius 2 is 2.03 bits per heavy atom. The number of fused-ring (bicyclic) bond motifs is 2. The highest BCUT2D eigenvalue weighted by Crippen LogP contribution is 2.27. The zero-order chi connectivity index (χ0) is 22.5. The lowest BCUT2D eigenvalue weighted by molar-refractivity contribution is -0.124. The summed E-state index contributed by atoms with van der Waals surface area (Å²) in [5, 5.41) is 4.10. The molecule has 0 aliphatic carbocycles. The van der Waals surface area contributed by atoms with Crippen LogP contribution in [0, 0.1) is 5.92 Å². The fourth-order valence-electron chi connectivity index (χ4n) is 3.90. The molecular formula is C25H30N4O3. The number of para-hydroxylation sites is 2. The Morgan fingerprint density at radius 3 is 2.81 bits per heavy atom. The molecule has 2 atom stereocenters. The lowest BCUT2D eigenvalue weighted by Gasteiger charge is -2.22. The van der Waals surface area contributed by atoms with E-state index in [1.165, 1.54) is 0 Å². The van der Waals surface area contributed by atoms with Crippen LogP contribution in [0.5, 0.6) is 5.75 Å². The fraction of sp³-hybridized carbons (Fsp3) is 0.360. The number of hydrogen-bond acceptors (Lipinski definition) is 4. The summed E-state index contributed by atoms with van der Waals surface area (Å²) >= 11 is 0. The van der Waals surface area contributed by atoms with Gasteiger partial charge in [-0.25, -0.2) is 4.98 Å². The van der Waals surface area contributed by atoms with Gasteiger partial charge in [0.1, 0.15) is 11.6 Å². The van der Waals surface area contributed by atoms with Crippen molar-refractivity contribution in [1.29, 1.82) is 0 Å². The quantitative estimate of drug-likeness (QED) is 0.386. The van der Waals surface area contributed by atoms with Crippen LogP contribution in [0.2, 0.25) is 0 Å². The van der Waals surface area contributed by atoms with E-state index < -0.39 is 0 Å². The van der Waals surface area contributed by atoms with Gasteiger partial charge in [0.2, 0.25) is 0 Å². The van der Waals surface area contributed by atoms with E-state index >= 15 is 0 Å². The molecule has 0 radical (unpaired) electrons. The predicted molar refractivity (Wildman–Crippen MR) is 126 cm³/mol. The van der Waals surface area contributed by atoms with E-state index in [9.17, 15) is 4.79 Å². The molecule has 7 heteroatoms. The largest absolute Gasteiger partial charge is 0.483 e. The molecule has 7 nitrogen and oxygen atoms in total. The minimum Gasteiger partial charge on any atom is -0.483 e. The van der Waals surface area contributed by atoms with Crippen molar-refractivity contribution in [2.75, 3.05) is 20.3 Å². The number of H-pyrrole nitrogens is 1. The average Bonchev–Trinajstić information content (AvgIpc) is 3.43. The first-order valence-corrected chi connectivity index (χ1v) is 11.0. The molecule has 2 heterocycles. The van der Waals surface area contributed by atoms with Crippen LogP contribution in [-0.2, 0) is 16.1 Å². The van der Waals surface area contributed by atoms with Gasteiger partial charge >= 0.3 is 0 Å². The van der Waals surface area contributed by atoms with Crippen molar-refractivity contribution in [2.24, 2.45) is 5.92 Å². The number of aromatic nitrogens is 3. The molecule has 0 saturated heterocycles. The van der Waals surface area contributed by atoms with Crippen LogP contribution in [-0.4, -0.2) is 40.8 Å². The van der Waals surface area contributed by atoms with E-state index in [1.54, 1.807) is 7.11 Å². The lowest BCUT2D eigenvalue weighted by atomic mass is 9.98. The highest BCUT2D eigenvalue weighted by molar-refractivity contribution is 5.87. The first-order valence-electron chi connectivity index (χ1n) is 11.0. The number of nitrogens with zero attached hydrogens (tertiary/aromatic N) is 2. The molecule has 0 bridgehead atoms. The van der Waals surface area contributed by atoms with E-state index in [0.717, 1.165) is 40.7 Å². The van der Waals surface area contributed by atoms with Crippen molar-refractivity contribution in [2.45, 2.75) is 32.9 Å². The molecule has 2 aromatic carbocycles. The van der Waals surface area contributed by atoms with Gasteiger partial charge in [-0.2, -0.15) is 0 Å². The molecule has 32 heavy (non-hydrogen) atoms. The second kappa shape index (κ2) is 9.87. The number of amides is 1. The molecule has 0 aliphatic heterocycles. The molecule has 0 fully saturated rings. The minimum absolute atomic E-state index is 0.0600. The van der Waals surface area contributed by atoms with Crippen molar-refractivity contribution >= 4 is 27.8 Å². The second-order valence-electron chi connectivity index (χ2n) is 8.05. The van der Waals surface area contributed by atoms with Crippen LogP contribution in [0.15, 0.2) is 54.7 Å². The monoisotopic (exact) mass is 434 g/mol. The Hall–Kier alpha value is -3.32. The first-order chi connectivity index (χ1) is 15.6. The number of hydrogen-bond donors (Lipinski definition) is 2. The summed E-state index contributed by atoms with van der Waals surface area (Å²) in [6.45, 7) is 5.56. The first kappa shape index (κ1) is 21.9. The van der Waals surface area contributed by atoms with Gasteiger partial charge in [-0.3, -0.25) is 4.79 Å². The number of rotatable bonds is 10. The molecular weight excluding hydrogens is 404 g/mol. The summed E-state index contributed by atoms with van der Waals surface area (Å²) in [5.41, 5.74) is 2.91. The van der Waals surface area contributed by atoms with Crippen molar-refractivity contribution in [1.82, 2.24) is 19.9 Å². The molecule has 0 aliphatic rings. The van der Waals surface area contributed by atoms with E-state index in [0.29, 0.717) is 12.4 Å². The van der Waals surface area contributed by atoms with Crippen molar-refractivity contribution in [3.63, 3.8) is 0 Å². The van der Waals surface area contributed by atoms with Crippen LogP contribution in [0.1, 0.15) is 32.1 Å². The van der Waals surface area contributed by atoms with Gasteiger partial charge < -0.3 is 24.3 Å². The zero-order valence-corrected chi connectivity index (χ0v) is 18.8. The summed E-state index contributed by atoms with van der Waals surface area (Å²) in [6, 6.07) is 15.6. The highest BCUT2D eigenvalue weighted by Gasteiger charge is 2.24. The van der Waals surface area contributed by atoms with Crippen LogP contribution in [0.3, 0.4) is 0 Å².